The molecule has 1 fully saturated rings. The van der Waals surface area contributed by atoms with Gasteiger partial charge in [-0.15, -0.1) is 5.10 Å². The third-order valence-electron chi connectivity index (χ3n) is 9.63. The van der Waals surface area contributed by atoms with E-state index in [-0.39, 0.29) is 49.6 Å². The number of aliphatic hydroxyl groups is 1. The molecule has 2 bridgehead atoms. The van der Waals surface area contributed by atoms with Gasteiger partial charge in [0, 0.05) is 45.6 Å². The van der Waals surface area contributed by atoms with Crippen molar-refractivity contribution in [2.24, 2.45) is 5.92 Å². The number of aliphatic hydroxyl groups excluding tert-OH is 1. The molecular weight excluding hydrogens is 688 g/mol. The van der Waals surface area contributed by atoms with E-state index in [4.69, 9.17) is 4.74 Å². The van der Waals surface area contributed by atoms with Crippen LogP contribution < -0.4 is 15.4 Å². The minimum atomic E-state index is -1.12. The Balaban J connectivity index is 1.44. The molecule has 2 aliphatic rings. The molecule has 0 spiro atoms. The fraction of sp³-hybridized carbons (Fsp3) is 0.526. The van der Waals surface area contributed by atoms with Crippen LogP contribution in [0.4, 0.5) is 8.78 Å². The highest BCUT2D eigenvalue weighted by atomic mass is 19.1. The molecule has 2 aliphatic heterocycles. The van der Waals surface area contributed by atoms with Gasteiger partial charge in [-0.05, 0) is 55.0 Å². The maximum absolute atomic E-state index is 14.4. The molecule has 0 saturated carbocycles. The van der Waals surface area contributed by atoms with E-state index in [9.17, 15) is 33.1 Å². The number of amides is 4. The number of ether oxygens (including phenoxy) is 1. The molecule has 0 radical (unpaired) electrons. The number of aryl methyl sites for hydroxylation is 1. The fourth-order valence-electron chi connectivity index (χ4n) is 6.79. The molecule has 0 aliphatic carbocycles. The molecule has 0 unspecified atom stereocenters. The SMILES string of the molecule is CC(C)C[C@H]1NC(=O)c2ccc(F)cc2OCc2cn(nn2)CCCCCCCNC(=O)[C@H](Cc2ccc(F)cc2)N(C)C(=O)[C@H]2C[C@H](O)CN2C1=O. The summed E-state index contributed by atoms with van der Waals surface area (Å²) in [5, 5.41) is 24.8. The van der Waals surface area contributed by atoms with Crippen molar-refractivity contribution < 1.29 is 37.8 Å². The fourth-order valence-corrected chi connectivity index (χ4v) is 6.79. The number of nitrogens with one attached hydrogen (secondary N) is 2. The number of halogens is 2. The van der Waals surface area contributed by atoms with Crippen LogP contribution in [0.5, 0.6) is 5.75 Å². The van der Waals surface area contributed by atoms with Crippen LogP contribution in [0.2, 0.25) is 0 Å². The predicted molar refractivity (Wildman–Crippen MR) is 190 cm³/mol. The Morgan fingerprint density at radius 1 is 0.962 bits per heavy atom. The third kappa shape index (κ3) is 10.6. The summed E-state index contributed by atoms with van der Waals surface area (Å²) in [6, 6.07) is 5.94. The van der Waals surface area contributed by atoms with E-state index >= 15 is 0 Å². The van der Waals surface area contributed by atoms with Gasteiger partial charge in [0.2, 0.25) is 17.7 Å². The maximum Gasteiger partial charge on any atom is 0.255 e. The Kier molecular flexibility index (Phi) is 13.5. The number of fused-ring (bicyclic) bond motifs is 4. The van der Waals surface area contributed by atoms with E-state index in [0.29, 0.717) is 24.3 Å². The number of benzene rings is 2. The average Bonchev–Trinajstić information content (AvgIpc) is 3.75. The molecule has 1 saturated heterocycles. The van der Waals surface area contributed by atoms with Gasteiger partial charge in [0.25, 0.3) is 5.91 Å². The highest BCUT2D eigenvalue weighted by Gasteiger charge is 2.44. The van der Waals surface area contributed by atoms with Crippen LogP contribution in [-0.2, 0) is 34.0 Å². The lowest BCUT2D eigenvalue weighted by molar-refractivity contribution is -0.147. The monoisotopic (exact) mass is 737 g/mol. The molecule has 3 N–H and O–H groups in total. The second-order valence-corrected chi connectivity index (χ2v) is 14.3. The van der Waals surface area contributed by atoms with Crippen molar-refractivity contribution in [3.63, 3.8) is 0 Å². The van der Waals surface area contributed by atoms with E-state index in [2.05, 4.69) is 20.9 Å². The predicted octanol–water partition coefficient (Wildman–Crippen LogP) is 3.39. The number of carbonyl (C=O) groups excluding carboxylic acids is 4. The summed E-state index contributed by atoms with van der Waals surface area (Å²) >= 11 is 0. The highest BCUT2D eigenvalue weighted by Crippen LogP contribution is 2.26. The van der Waals surface area contributed by atoms with Crippen molar-refractivity contribution in [1.82, 2.24) is 35.4 Å². The van der Waals surface area contributed by atoms with E-state index in [1.807, 2.05) is 13.8 Å². The van der Waals surface area contributed by atoms with Gasteiger partial charge in [-0.1, -0.05) is 50.5 Å². The summed E-state index contributed by atoms with van der Waals surface area (Å²) in [6.07, 6.45) is 5.21. The Bertz CT molecular complexity index is 1740. The van der Waals surface area contributed by atoms with E-state index < -0.39 is 59.5 Å². The number of rotatable bonds is 4. The van der Waals surface area contributed by atoms with Gasteiger partial charge in [0.1, 0.15) is 47.8 Å². The molecule has 1 aromatic heterocycles. The van der Waals surface area contributed by atoms with Gasteiger partial charge in [0.15, 0.2) is 0 Å². The largest absolute Gasteiger partial charge is 0.486 e. The zero-order chi connectivity index (χ0) is 38.1. The first-order valence-electron chi connectivity index (χ1n) is 18.3. The summed E-state index contributed by atoms with van der Waals surface area (Å²) in [6.45, 7) is 4.54. The number of aromatic nitrogens is 3. The second kappa shape index (κ2) is 18.2. The van der Waals surface area contributed by atoms with Gasteiger partial charge in [0.05, 0.1) is 17.9 Å². The summed E-state index contributed by atoms with van der Waals surface area (Å²) in [5.41, 5.74) is 1.12. The number of likely N-dealkylation sites (N-methyl/N-ethyl adjacent to an activating group) is 1. The van der Waals surface area contributed by atoms with Crippen LogP contribution in [0.25, 0.3) is 0 Å². The lowest BCUT2D eigenvalue weighted by atomic mass is 10.0. The number of hydrogen-bond donors (Lipinski definition) is 3. The minimum absolute atomic E-state index is 0.00525. The van der Waals surface area contributed by atoms with Crippen LogP contribution in [0, 0.1) is 17.6 Å². The number of hydrogen-bond acceptors (Lipinski definition) is 8. The zero-order valence-corrected chi connectivity index (χ0v) is 30.5. The Morgan fingerprint density at radius 3 is 2.43 bits per heavy atom. The van der Waals surface area contributed by atoms with Crippen molar-refractivity contribution in [2.75, 3.05) is 20.1 Å². The quantitative estimate of drug-likeness (QED) is 0.368. The molecule has 5 rings (SSSR count). The van der Waals surface area contributed by atoms with E-state index in [1.54, 1.807) is 23.0 Å². The lowest BCUT2D eigenvalue weighted by Gasteiger charge is -2.34. The van der Waals surface area contributed by atoms with E-state index in [1.165, 1.54) is 35.0 Å². The summed E-state index contributed by atoms with van der Waals surface area (Å²) in [5.74, 6) is -3.39. The average molecular weight is 738 g/mol. The second-order valence-electron chi connectivity index (χ2n) is 14.3. The lowest BCUT2D eigenvalue weighted by Crippen LogP contribution is -2.57. The summed E-state index contributed by atoms with van der Waals surface area (Å²) in [7, 11) is 1.48. The van der Waals surface area contributed by atoms with Crippen LogP contribution in [0.1, 0.15) is 80.4 Å². The van der Waals surface area contributed by atoms with Gasteiger partial charge in [-0.3, -0.25) is 23.9 Å². The molecule has 15 heteroatoms. The molecule has 4 amide bonds. The van der Waals surface area contributed by atoms with Gasteiger partial charge < -0.3 is 30.3 Å². The molecule has 53 heavy (non-hydrogen) atoms. The van der Waals surface area contributed by atoms with Gasteiger partial charge in [-0.2, -0.15) is 0 Å². The van der Waals surface area contributed by atoms with Gasteiger partial charge >= 0.3 is 0 Å². The van der Waals surface area contributed by atoms with Crippen LogP contribution in [0.15, 0.2) is 48.7 Å². The van der Waals surface area contributed by atoms with Crippen LogP contribution in [-0.4, -0.2) is 97.9 Å². The molecule has 13 nitrogen and oxygen atoms in total. The highest BCUT2D eigenvalue weighted by molar-refractivity contribution is 6.00. The van der Waals surface area contributed by atoms with Crippen molar-refractivity contribution >= 4 is 23.6 Å². The zero-order valence-electron chi connectivity index (χ0n) is 30.5. The molecule has 3 aromatic rings. The topological polar surface area (TPSA) is 159 Å². The van der Waals surface area contributed by atoms with Crippen molar-refractivity contribution in [3.8, 4) is 5.75 Å². The smallest absolute Gasteiger partial charge is 0.255 e. The normalized spacial score (nSPS) is 23.0. The molecular formula is C38H49F2N7O6. The van der Waals surface area contributed by atoms with Gasteiger partial charge in [-0.25, -0.2) is 8.78 Å². The van der Waals surface area contributed by atoms with Crippen molar-refractivity contribution in [1.29, 1.82) is 0 Å². The molecule has 3 heterocycles. The van der Waals surface area contributed by atoms with E-state index in [0.717, 1.165) is 44.2 Å². The first-order valence-corrected chi connectivity index (χ1v) is 18.3. The summed E-state index contributed by atoms with van der Waals surface area (Å²) < 4.78 is 35.7. The van der Waals surface area contributed by atoms with Crippen molar-refractivity contribution in [3.05, 3.63) is 77.1 Å². The molecule has 4 atom stereocenters. The van der Waals surface area contributed by atoms with Crippen LogP contribution >= 0.6 is 0 Å². The van der Waals surface area contributed by atoms with Crippen molar-refractivity contribution in [2.45, 2.75) is 103 Å². The first kappa shape index (κ1) is 39.3. The number of nitrogens with zero attached hydrogens (tertiary/aromatic N) is 5. The maximum atomic E-state index is 14.4. The summed E-state index contributed by atoms with van der Waals surface area (Å²) in [4.78, 5) is 58.5. The molecule has 286 valence electrons. The number of carbonyl (C=O) groups is 4. The van der Waals surface area contributed by atoms with Crippen LogP contribution in [0.3, 0.4) is 0 Å². The third-order valence-corrected chi connectivity index (χ3v) is 9.63. The Labute approximate surface area is 308 Å². The Hall–Kier alpha value is -4.92. The molecule has 2 aromatic carbocycles. The minimum Gasteiger partial charge on any atom is -0.486 e. The Morgan fingerprint density at radius 2 is 1.68 bits per heavy atom. The standard InChI is InChI=1S/C38H49F2N7O6/c1-24(2)17-31-37(51)47-22-29(48)20-33(47)38(52)45(3)32(18-25-9-11-26(39)12-10-25)36(50)41-15-7-5-4-6-8-16-46-21-28(43-44-46)23-53-34-19-27(40)13-14-30(34)35(49)42-31/h9-14,19,21,24,29,31-33,48H,4-8,15-18,20,22-23H2,1-3H3,(H,41,50)(H,42,49)/t29-,31+,32-,33+/m0/s1. The first-order chi connectivity index (χ1) is 25.4.